The van der Waals surface area contributed by atoms with Gasteiger partial charge in [0.1, 0.15) is 36.3 Å². The summed E-state index contributed by atoms with van der Waals surface area (Å²) in [6.07, 6.45) is -4.05. The largest absolute Gasteiger partial charge is 0.496 e. The number of halogens is 1. The Hall–Kier alpha value is -1.56. The third-order valence-electron chi connectivity index (χ3n) is 5.26. The minimum atomic E-state index is -1.48. The lowest BCUT2D eigenvalue weighted by molar-refractivity contribution is -0.232. The van der Waals surface area contributed by atoms with Crippen LogP contribution >= 0.6 is 34.3 Å². The molecule has 1 aromatic carbocycles. The SMILES string of the molecule is COc1cc(Cl)c(Cc2ncc(-c3cccs3)s2)cc1[C@@H]1O[C@H](CO)[C@@H](O)[C@H](O)[C@H]1O. The quantitative estimate of drug-likeness (QED) is 0.426. The van der Waals surface area contributed by atoms with Crippen molar-refractivity contribution in [3.8, 4) is 15.5 Å². The average Bonchev–Trinajstić information content (AvgIpc) is 3.46. The van der Waals surface area contributed by atoms with Crippen molar-refractivity contribution in [1.82, 2.24) is 4.98 Å². The first-order valence-electron chi connectivity index (χ1n) is 9.58. The molecule has 0 spiro atoms. The van der Waals surface area contributed by atoms with Crippen molar-refractivity contribution in [3.05, 3.63) is 57.0 Å². The molecule has 2 aromatic heterocycles. The molecule has 4 rings (SSSR count). The van der Waals surface area contributed by atoms with Gasteiger partial charge in [0.25, 0.3) is 0 Å². The summed E-state index contributed by atoms with van der Waals surface area (Å²) in [5.74, 6) is 0.372. The van der Waals surface area contributed by atoms with Crippen LogP contribution in [0.1, 0.15) is 22.2 Å². The smallest absolute Gasteiger partial charge is 0.126 e. The van der Waals surface area contributed by atoms with Gasteiger partial charge < -0.3 is 29.9 Å². The van der Waals surface area contributed by atoms with Crippen molar-refractivity contribution in [1.29, 1.82) is 0 Å². The number of thiazole rings is 1. The predicted molar refractivity (Wildman–Crippen MR) is 119 cm³/mol. The molecule has 1 aliphatic rings. The van der Waals surface area contributed by atoms with E-state index in [2.05, 4.69) is 4.98 Å². The van der Waals surface area contributed by atoms with Gasteiger partial charge in [0.05, 0.1) is 23.6 Å². The Labute approximate surface area is 192 Å². The fourth-order valence-electron chi connectivity index (χ4n) is 3.60. The third-order valence-corrected chi connectivity index (χ3v) is 7.67. The summed E-state index contributed by atoms with van der Waals surface area (Å²) in [4.78, 5) is 6.72. The number of aromatic nitrogens is 1. The van der Waals surface area contributed by atoms with Crippen molar-refractivity contribution in [3.63, 3.8) is 0 Å². The van der Waals surface area contributed by atoms with Crippen LogP contribution in [0.3, 0.4) is 0 Å². The van der Waals surface area contributed by atoms with Crippen molar-refractivity contribution < 1.29 is 29.9 Å². The Balaban J connectivity index is 1.66. The van der Waals surface area contributed by atoms with E-state index >= 15 is 0 Å². The third kappa shape index (κ3) is 4.50. The molecule has 10 heteroatoms. The number of benzene rings is 1. The molecule has 0 aliphatic carbocycles. The second-order valence-electron chi connectivity index (χ2n) is 7.21. The standard InChI is InChI=1S/C21H22ClNO6S2/c1-28-13-7-12(22)10(6-17-23-8-16(31-17)15-3-2-4-30-15)5-11(13)21-20(27)19(26)18(25)14(9-24)29-21/h2-5,7-8,14,18-21,24-27H,6,9H2,1H3/t14-,18-,19+,20-,21+/m1/s1. The van der Waals surface area contributed by atoms with Crippen LogP contribution in [-0.2, 0) is 11.2 Å². The zero-order chi connectivity index (χ0) is 22.1. The second kappa shape index (κ2) is 9.51. The molecule has 1 saturated heterocycles. The Morgan fingerprint density at radius 3 is 2.65 bits per heavy atom. The lowest BCUT2D eigenvalue weighted by atomic mass is 9.90. The zero-order valence-electron chi connectivity index (χ0n) is 16.5. The van der Waals surface area contributed by atoms with Crippen LogP contribution in [0.5, 0.6) is 5.75 Å². The summed E-state index contributed by atoms with van der Waals surface area (Å²) in [7, 11) is 1.47. The van der Waals surface area contributed by atoms with Gasteiger partial charge in [-0.25, -0.2) is 4.98 Å². The molecular weight excluding hydrogens is 462 g/mol. The normalized spacial score (nSPS) is 26.2. The maximum absolute atomic E-state index is 10.5. The highest BCUT2D eigenvalue weighted by molar-refractivity contribution is 7.21. The van der Waals surface area contributed by atoms with E-state index in [0.29, 0.717) is 22.8 Å². The van der Waals surface area contributed by atoms with E-state index in [1.807, 2.05) is 23.7 Å². The molecule has 0 bridgehead atoms. The number of hydrogen-bond donors (Lipinski definition) is 4. The number of rotatable bonds is 6. The summed E-state index contributed by atoms with van der Waals surface area (Å²) in [5.41, 5.74) is 1.22. The first-order chi connectivity index (χ1) is 14.9. The summed E-state index contributed by atoms with van der Waals surface area (Å²) in [6, 6.07) is 7.41. The molecule has 1 fully saturated rings. The molecule has 0 saturated carbocycles. The first-order valence-corrected chi connectivity index (χ1v) is 11.7. The predicted octanol–water partition coefficient (Wildman–Crippen LogP) is 2.64. The lowest BCUT2D eigenvalue weighted by Gasteiger charge is -2.40. The van der Waals surface area contributed by atoms with Gasteiger partial charge in [-0.3, -0.25) is 0 Å². The Kier molecular flexibility index (Phi) is 6.95. The monoisotopic (exact) mass is 483 g/mol. The van der Waals surface area contributed by atoms with Crippen LogP contribution in [-0.4, -0.2) is 63.5 Å². The maximum Gasteiger partial charge on any atom is 0.126 e. The average molecular weight is 484 g/mol. The summed E-state index contributed by atoms with van der Waals surface area (Å²) in [5, 5.41) is 43.6. The number of ether oxygens (including phenoxy) is 2. The van der Waals surface area contributed by atoms with Gasteiger partial charge in [-0.1, -0.05) is 17.7 Å². The minimum Gasteiger partial charge on any atom is -0.496 e. The van der Waals surface area contributed by atoms with Gasteiger partial charge in [0.2, 0.25) is 0 Å². The number of aliphatic hydroxyl groups is 4. The summed E-state index contributed by atoms with van der Waals surface area (Å²) >= 11 is 9.71. The molecule has 1 aliphatic heterocycles. The molecule has 3 aromatic rings. The Morgan fingerprint density at radius 1 is 1.16 bits per heavy atom. The molecule has 0 unspecified atom stereocenters. The van der Waals surface area contributed by atoms with E-state index in [-0.39, 0.29) is 0 Å². The molecule has 0 amide bonds. The molecule has 31 heavy (non-hydrogen) atoms. The number of aliphatic hydroxyl groups excluding tert-OH is 4. The van der Waals surface area contributed by atoms with Crippen molar-refractivity contribution >= 4 is 34.3 Å². The molecule has 7 nitrogen and oxygen atoms in total. The van der Waals surface area contributed by atoms with Crippen molar-refractivity contribution in [2.75, 3.05) is 13.7 Å². The highest BCUT2D eigenvalue weighted by Gasteiger charge is 2.45. The van der Waals surface area contributed by atoms with Gasteiger partial charge in [0, 0.05) is 28.1 Å². The van der Waals surface area contributed by atoms with E-state index in [9.17, 15) is 20.4 Å². The van der Waals surface area contributed by atoms with Crippen LogP contribution < -0.4 is 4.74 Å². The first kappa shape index (κ1) is 22.6. The van der Waals surface area contributed by atoms with Gasteiger partial charge in [0.15, 0.2) is 0 Å². The van der Waals surface area contributed by atoms with Gasteiger partial charge in [-0.15, -0.1) is 22.7 Å². The van der Waals surface area contributed by atoms with Crippen molar-refractivity contribution in [2.24, 2.45) is 0 Å². The summed E-state index contributed by atoms with van der Waals surface area (Å²) in [6.45, 7) is -0.505. The topological polar surface area (TPSA) is 112 Å². The minimum absolute atomic E-state index is 0.372. The molecule has 4 N–H and O–H groups in total. The van der Waals surface area contributed by atoms with Crippen LogP contribution in [0.25, 0.3) is 9.75 Å². The number of hydrogen-bond acceptors (Lipinski definition) is 9. The fourth-order valence-corrected chi connectivity index (χ4v) is 5.58. The van der Waals surface area contributed by atoms with Gasteiger partial charge in [-0.2, -0.15) is 0 Å². The van der Waals surface area contributed by atoms with Gasteiger partial charge in [-0.05, 0) is 29.1 Å². The summed E-state index contributed by atoms with van der Waals surface area (Å²) < 4.78 is 11.1. The zero-order valence-corrected chi connectivity index (χ0v) is 18.9. The van der Waals surface area contributed by atoms with E-state index in [1.165, 1.54) is 7.11 Å². The van der Waals surface area contributed by atoms with E-state index < -0.39 is 37.1 Å². The van der Waals surface area contributed by atoms with E-state index in [0.717, 1.165) is 20.3 Å². The highest BCUT2D eigenvalue weighted by atomic mass is 35.5. The highest BCUT2D eigenvalue weighted by Crippen LogP contribution is 2.40. The molecule has 3 heterocycles. The Morgan fingerprint density at radius 2 is 1.97 bits per heavy atom. The molecular formula is C21H22ClNO6S2. The van der Waals surface area contributed by atoms with E-state index in [1.54, 1.807) is 34.8 Å². The van der Waals surface area contributed by atoms with E-state index in [4.69, 9.17) is 21.1 Å². The second-order valence-corrected chi connectivity index (χ2v) is 9.68. The number of nitrogens with zero attached hydrogens (tertiary/aromatic N) is 1. The number of methoxy groups -OCH3 is 1. The lowest BCUT2D eigenvalue weighted by Crippen LogP contribution is -2.55. The van der Waals surface area contributed by atoms with Crippen LogP contribution in [0.2, 0.25) is 5.02 Å². The van der Waals surface area contributed by atoms with Crippen LogP contribution in [0.4, 0.5) is 0 Å². The maximum atomic E-state index is 10.5. The molecule has 0 radical (unpaired) electrons. The fraction of sp³-hybridized carbons (Fsp3) is 0.381. The Bertz CT molecular complexity index is 1030. The van der Waals surface area contributed by atoms with Gasteiger partial charge >= 0.3 is 0 Å². The van der Waals surface area contributed by atoms with Crippen LogP contribution in [0, 0.1) is 0 Å². The van der Waals surface area contributed by atoms with Crippen molar-refractivity contribution in [2.45, 2.75) is 36.9 Å². The molecule has 5 atom stereocenters. The van der Waals surface area contributed by atoms with Crippen LogP contribution in [0.15, 0.2) is 35.8 Å². The number of thiophene rings is 1. The molecule has 166 valence electrons.